The summed E-state index contributed by atoms with van der Waals surface area (Å²) in [5.41, 5.74) is 8.96. The van der Waals surface area contributed by atoms with Crippen LogP contribution in [0.3, 0.4) is 0 Å². The Morgan fingerprint density at radius 2 is 2.08 bits per heavy atom. The quantitative estimate of drug-likeness (QED) is 0.707. The zero-order chi connectivity index (χ0) is 19.2. The van der Waals surface area contributed by atoms with Gasteiger partial charge in [-0.3, -0.25) is 4.79 Å². The molecule has 0 aromatic heterocycles. The van der Waals surface area contributed by atoms with Crippen molar-refractivity contribution in [1.29, 1.82) is 0 Å². The van der Waals surface area contributed by atoms with Gasteiger partial charge in [0.1, 0.15) is 11.4 Å². The van der Waals surface area contributed by atoms with E-state index in [0.29, 0.717) is 12.3 Å². The fourth-order valence-electron chi connectivity index (χ4n) is 3.40. The summed E-state index contributed by atoms with van der Waals surface area (Å²) in [5, 5.41) is 0. The van der Waals surface area contributed by atoms with Crippen molar-refractivity contribution < 1.29 is 14.3 Å². The zero-order valence-corrected chi connectivity index (χ0v) is 16.6. The standard InChI is InChI=1S/C22H33NO3/c1-22(2,3)26-21(24)14-11-16-9-12-17(13-10-16)19-8-6-5-7-18(23)15-20(19)25-4/h6,8,12,15-16H,5,7,9-11,13-14,23H2,1-4H3/b8-6-,18-15?,20-19?. The normalized spacial score (nSPS) is 22.7. The van der Waals surface area contributed by atoms with E-state index in [4.69, 9.17) is 15.2 Å². The van der Waals surface area contributed by atoms with Gasteiger partial charge in [-0.25, -0.2) is 0 Å². The van der Waals surface area contributed by atoms with Gasteiger partial charge < -0.3 is 15.2 Å². The Bertz CT molecular complexity index is 632. The molecule has 2 N–H and O–H groups in total. The Kier molecular flexibility index (Phi) is 7.13. The maximum Gasteiger partial charge on any atom is 0.306 e. The molecule has 26 heavy (non-hydrogen) atoms. The largest absolute Gasteiger partial charge is 0.496 e. The van der Waals surface area contributed by atoms with Crippen molar-refractivity contribution in [3.05, 3.63) is 46.9 Å². The second kappa shape index (κ2) is 9.11. The van der Waals surface area contributed by atoms with Gasteiger partial charge in [0.25, 0.3) is 0 Å². The summed E-state index contributed by atoms with van der Waals surface area (Å²) in [6.45, 7) is 5.72. The van der Waals surface area contributed by atoms with Gasteiger partial charge in [-0.15, -0.1) is 0 Å². The fraction of sp³-hybridized carbons (Fsp3) is 0.591. The van der Waals surface area contributed by atoms with E-state index in [1.54, 1.807) is 7.11 Å². The van der Waals surface area contributed by atoms with E-state index in [2.05, 4.69) is 18.2 Å². The van der Waals surface area contributed by atoms with Crippen molar-refractivity contribution in [2.45, 2.75) is 71.3 Å². The van der Waals surface area contributed by atoms with E-state index < -0.39 is 5.60 Å². The summed E-state index contributed by atoms with van der Waals surface area (Å²) in [6.07, 6.45) is 14.9. The Hall–Kier alpha value is -1.97. The highest BCUT2D eigenvalue weighted by Gasteiger charge is 2.21. The van der Waals surface area contributed by atoms with Gasteiger partial charge in [0.05, 0.1) is 7.11 Å². The lowest BCUT2D eigenvalue weighted by molar-refractivity contribution is -0.155. The van der Waals surface area contributed by atoms with Crippen LogP contribution in [0.4, 0.5) is 0 Å². The molecule has 0 spiro atoms. The first-order valence-corrected chi connectivity index (χ1v) is 9.60. The molecule has 1 atom stereocenters. The first-order valence-electron chi connectivity index (χ1n) is 9.60. The minimum atomic E-state index is -0.403. The summed E-state index contributed by atoms with van der Waals surface area (Å²) in [6, 6.07) is 0. The van der Waals surface area contributed by atoms with E-state index >= 15 is 0 Å². The monoisotopic (exact) mass is 359 g/mol. The number of carbonyl (C=O) groups excluding carboxylic acids is 1. The fourth-order valence-corrected chi connectivity index (χ4v) is 3.40. The van der Waals surface area contributed by atoms with Crippen LogP contribution in [0.5, 0.6) is 0 Å². The lowest BCUT2D eigenvalue weighted by Crippen LogP contribution is -2.24. The van der Waals surface area contributed by atoms with Crippen LogP contribution in [0.15, 0.2) is 46.9 Å². The van der Waals surface area contributed by atoms with Crippen molar-refractivity contribution in [2.24, 2.45) is 11.7 Å². The Labute approximate surface area is 157 Å². The molecule has 0 heterocycles. The van der Waals surface area contributed by atoms with Crippen LogP contribution >= 0.6 is 0 Å². The summed E-state index contributed by atoms with van der Waals surface area (Å²) in [5.74, 6) is 1.29. The SMILES string of the molecule is COC1=C(C2=CCC(CCC(=O)OC(C)(C)C)CC2)/C=C\CCC(N)=C1. The summed E-state index contributed by atoms with van der Waals surface area (Å²) in [7, 11) is 1.70. The number of methoxy groups -OCH3 is 1. The Balaban J connectivity index is 1.99. The Morgan fingerprint density at radius 1 is 1.31 bits per heavy atom. The first kappa shape index (κ1) is 20.3. The number of rotatable bonds is 5. The summed E-state index contributed by atoms with van der Waals surface area (Å²) < 4.78 is 11.0. The molecule has 0 aliphatic heterocycles. The number of esters is 1. The number of hydrogen-bond donors (Lipinski definition) is 1. The molecule has 0 bridgehead atoms. The highest BCUT2D eigenvalue weighted by Crippen LogP contribution is 2.33. The number of allylic oxidation sites excluding steroid dienone is 7. The van der Waals surface area contributed by atoms with Crippen LogP contribution < -0.4 is 5.73 Å². The summed E-state index contributed by atoms with van der Waals surface area (Å²) in [4.78, 5) is 11.9. The van der Waals surface area contributed by atoms with Gasteiger partial charge in [0.2, 0.25) is 0 Å². The second-order valence-corrected chi connectivity index (χ2v) is 8.14. The minimum Gasteiger partial charge on any atom is -0.496 e. The maximum atomic E-state index is 11.9. The number of ether oxygens (including phenoxy) is 2. The number of nitrogens with two attached hydrogens (primary N) is 1. The third-order valence-corrected chi connectivity index (χ3v) is 4.73. The van der Waals surface area contributed by atoms with Crippen LogP contribution in [0.1, 0.15) is 65.7 Å². The molecule has 0 aromatic carbocycles. The molecule has 0 aromatic rings. The van der Waals surface area contributed by atoms with Crippen molar-refractivity contribution >= 4 is 5.97 Å². The number of hydrogen-bond acceptors (Lipinski definition) is 4. The van der Waals surface area contributed by atoms with E-state index in [0.717, 1.165) is 55.6 Å². The van der Waals surface area contributed by atoms with Crippen LogP contribution in [0.2, 0.25) is 0 Å². The van der Waals surface area contributed by atoms with Gasteiger partial charge >= 0.3 is 5.97 Å². The van der Waals surface area contributed by atoms with E-state index in [9.17, 15) is 4.79 Å². The van der Waals surface area contributed by atoms with E-state index in [1.165, 1.54) is 5.57 Å². The maximum absolute atomic E-state index is 11.9. The van der Waals surface area contributed by atoms with Crippen molar-refractivity contribution in [3.8, 4) is 0 Å². The predicted octanol–water partition coefficient (Wildman–Crippen LogP) is 4.93. The average molecular weight is 360 g/mol. The predicted molar refractivity (Wildman–Crippen MR) is 105 cm³/mol. The lowest BCUT2D eigenvalue weighted by atomic mass is 9.83. The van der Waals surface area contributed by atoms with Crippen LogP contribution in [0, 0.1) is 5.92 Å². The molecular weight excluding hydrogens is 326 g/mol. The second-order valence-electron chi connectivity index (χ2n) is 8.14. The van der Waals surface area contributed by atoms with Gasteiger partial charge in [-0.1, -0.05) is 18.2 Å². The molecular formula is C22H33NO3. The average Bonchev–Trinajstić information content (AvgIpc) is 2.55. The lowest BCUT2D eigenvalue weighted by Gasteiger charge is -2.24. The van der Waals surface area contributed by atoms with E-state index in [1.807, 2.05) is 26.8 Å². The van der Waals surface area contributed by atoms with E-state index in [-0.39, 0.29) is 5.97 Å². The molecule has 0 saturated carbocycles. The topological polar surface area (TPSA) is 61.5 Å². The third-order valence-electron chi connectivity index (χ3n) is 4.73. The van der Waals surface area contributed by atoms with Crippen molar-refractivity contribution in [1.82, 2.24) is 0 Å². The smallest absolute Gasteiger partial charge is 0.306 e. The molecule has 0 radical (unpaired) electrons. The van der Waals surface area contributed by atoms with Gasteiger partial charge in [0, 0.05) is 17.7 Å². The molecule has 0 saturated heterocycles. The Morgan fingerprint density at radius 3 is 2.69 bits per heavy atom. The molecule has 2 aliphatic rings. The third kappa shape index (κ3) is 6.40. The van der Waals surface area contributed by atoms with Crippen molar-refractivity contribution in [2.75, 3.05) is 7.11 Å². The molecule has 4 nitrogen and oxygen atoms in total. The minimum absolute atomic E-state index is 0.0970. The van der Waals surface area contributed by atoms with Gasteiger partial charge in [-0.05, 0) is 76.9 Å². The first-order chi connectivity index (χ1) is 12.3. The van der Waals surface area contributed by atoms with Crippen LogP contribution in [-0.4, -0.2) is 18.7 Å². The summed E-state index contributed by atoms with van der Waals surface area (Å²) >= 11 is 0. The molecule has 4 heteroatoms. The highest BCUT2D eigenvalue weighted by atomic mass is 16.6. The number of carbonyl (C=O) groups is 1. The molecule has 2 aliphatic carbocycles. The zero-order valence-electron chi connectivity index (χ0n) is 16.6. The van der Waals surface area contributed by atoms with Crippen molar-refractivity contribution in [3.63, 3.8) is 0 Å². The molecule has 1 unspecified atom stereocenters. The molecule has 0 amide bonds. The molecule has 0 fully saturated rings. The molecule has 2 rings (SSSR count). The highest BCUT2D eigenvalue weighted by molar-refractivity contribution is 5.69. The van der Waals surface area contributed by atoms with Crippen LogP contribution in [0.25, 0.3) is 0 Å². The van der Waals surface area contributed by atoms with Gasteiger partial charge in [0.15, 0.2) is 0 Å². The van der Waals surface area contributed by atoms with Crippen LogP contribution in [-0.2, 0) is 14.3 Å². The molecule has 144 valence electrons. The van der Waals surface area contributed by atoms with Gasteiger partial charge in [-0.2, -0.15) is 0 Å².